The molecule has 8 heteroatoms. The van der Waals surface area contributed by atoms with E-state index in [1.54, 1.807) is 29.2 Å². The number of hydrogen-bond acceptors (Lipinski definition) is 4. The lowest BCUT2D eigenvalue weighted by molar-refractivity contribution is -0.133. The Morgan fingerprint density at radius 3 is 2.28 bits per heavy atom. The van der Waals surface area contributed by atoms with E-state index in [0.29, 0.717) is 41.6 Å². The Morgan fingerprint density at radius 1 is 0.833 bits per heavy atom. The number of carbonyl (C=O) groups is 2. The summed E-state index contributed by atoms with van der Waals surface area (Å²) in [4.78, 5) is 30.2. The van der Waals surface area contributed by atoms with Crippen LogP contribution in [0.5, 0.6) is 0 Å². The number of nitrogens with zero attached hydrogens (tertiary/aromatic N) is 2. The van der Waals surface area contributed by atoms with Crippen molar-refractivity contribution in [2.75, 3.05) is 13.1 Å². The third-order valence-electron chi connectivity index (χ3n) is 5.72. The van der Waals surface area contributed by atoms with Crippen LogP contribution >= 0.6 is 23.2 Å². The van der Waals surface area contributed by atoms with Crippen molar-refractivity contribution in [1.82, 2.24) is 9.80 Å². The van der Waals surface area contributed by atoms with Crippen LogP contribution in [0, 0.1) is 6.92 Å². The minimum Gasteiger partial charge on any atom is -0.467 e. The number of benzene rings is 2. The molecule has 4 aromatic rings. The minimum absolute atomic E-state index is 0.129. The highest BCUT2D eigenvalue weighted by Gasteiger charge is 2.24. The van der Waals surface area contributed by atoms with Crippen LogP contribution in [0.15, 0.2) is 87.9 Å². The summed E-state index contributed by atoms with van der Waals surface area (Å²) in [5.74, 6) is 1.46. The van der Waals surface area contributed by atoms with E-state index in [4.69, 9.17) is 32.0 Å². The van der Waals surface area contributed by atoms with Gasteiger partial charge in [-0.25, -0.2) is 0 Å². The molecule has 2 heterocycles. The van der Waals surface area contributed by atoms with Crippen LogP contribution in [-0.2, 0) is 24.3 Å². The Kier molecular flexibility index (Phi) is 8.52. The Bertz CT molecular complexity index is 1300. The van der Waals surface area contributed by atoms with E-state index in [1.165, 1.54) is 17.2 Å². The molecule has 0 radical (unpaired) electrons. The zero-order valence-corrected chi connectivity index (χ0v) is 21.3. The molecule has 0 atom stereocenters. The summed E-state index contributed by atoms with van der Waals surface area (Å²) in [6, 6.07) is 21.8. The lowest BCUT2D eigenvalue weighted by Crippen LogP contribution is -2.43. The van der Waals surface area contributed by atoms with Crippen LogP contribution in [0.25, 0.3) is 0 Å². The quantitative estimate of drug-likeness (QED) is 0.240. The van der Waals surface area contributed by atoms with Gasteiger partial charge < -0.3 is 18.6 Å². The summed E-state index contributed by atoms with van der Waals surface area (Å²) in [5.41, 5.74) is 1.45. The molecule has 0 unspecified atom stereocenters. The van der Waals surface area contributed by atoms with Gasteiger partial charge in [-0.05, 0) is 61.4 Å². The fraction of sp³-hybridized carbons (Fsp3) is 0.214. The highest BCUT2D eigenvalue weighted by atomic mass is 35.5. The number of halogens is 2. The summed E-state index contributed by atoms with van der Waals surface area (Å²) < 4.78 is 11.2. The van der Waals surface area contributed by atoms with Crippen molar-refractivity contribution in [1.29, 1.82) is 0 Å². The van der Waals surface area contributed by atoms with Crippen LogP contribution in [-0.4, -0.2) is 34.7 Å². The van der Waals surface area contributed by atoms with Crippen molar-refractivity contribution >= 4 is 35.0 Å². The van der Waals surface area contributed by atoms with Crippen LogP contribution in [0.2, 0.25) is 10.0 Å². The summed E-state index contributed by atoms with van der Waals surface area (Å²) in [6.45, 7) is 2.62. The van der Waals surface area contributed by atoms with E-state index < -0.39 is 0 Å². The molecule has 0 fully saturated rings. The number of aryl methyl sites for hydroxylation is 1. The maximum Gasteiger partial charge on any atom is 0.254 e. The first-order valence-corrected chi connectivity index (χ1v) is 12.3. The maximum absolute atomic E-state index is 13.6. The Morgan fingerprint density at radius 2 is 1.61 bits per heavy atom. The predicted octanol–water partition coefficient (Wildman–Crippen LogP) is 6.40. The fourth-order valence-electron chi connectivity index (χ4n) is 3.82. The van der Waals surface area contributed by atoms with Gasteiger partial charge in [0.05, 0.1) is 29.4 Å². The summed E-state index contributed by atoms with van der Waals surface area (Å²) >= 11 is 12.2. The molecule has 4 rings (SSSR count). The molecule has 2 aromatic heterocycles. The van der Waals surface area contributed by atoms with E-state index in [0.717, 1.165) is 11.3 Å². The van der Waals surface area contributed by atoms with Gasteiger partial charge in [-0.15, -0.1) is 0 Å². The monoisotopic (exact) mass is 524 g/mol. The molecule has 186 valence electrons. The lowest BCUT2D eigenvalue weighted by Gasteiger charge is -2.27. The molecule has 0 aliphatic heterocycles. The molecular formula is C28H26Cl2N2O4. The van der Waals surface area contributed by atoms with E-state index in [1.807, 2.05) is 49.4 Å². The van der Waals surface area contributed by atoms with Crippen LogP contribution in [0.3, 0.4) is 0 Å². The highest BCUT2D eigenvalue weighted by Crippen LogP contribution is 2.24. The average Bonchev–Trinajstić information content (AvgIpc) is 3.54. The fourth-order valence-corrected chi connectivity index (χ4v) is 4.12. The Labute approximate surface area is 220 Å². The SMILES string of the molecule is Cc1ccc(CN(CCc2ccccc2)C(=O)CN(Cc2ccco2)C(=O)c2ccc(Cl)c(Cl)c2)o1. The van der Waals surface area contributed by atoms with Gasteiger partial charge in [-0.1, -0.05) is 53.5 Å². The van der Waals surface area contributed by atoms with Crippen molar-refractivity contribution in [3.63, 3.8) is 0 Å². The smallest absolute Gasteiger partial charge is 0.254 e. The number of carbonyl (C=O) groups excluding carboxylic acids is 2. The molecular weight excluding hydrogens is 499 g/mol. The largest absolute Gasteiger partial charge is 0.467 e. The summed E-state index contributed by atoms with van der Waals surface area (Å²) in [6.07, 6.45) is 2.20. The standard InChI is InChI=1S/C28H26Cl2N2O4/c1-20-9-11-24(36-20)18-31(14-13-21-6-3-2-4-7-21)27(33)19-32(17-23-8-5-15-35-23)28(34)22-10-12-25(29)26(30)16-22/h2-12,15-16H,13-14,17-19H2,1H3. The molecule has 0 saturated carbocycles. The third kappa shape index (κ3) is 6.80. The van der Waals surface area contributed by atoms with Crippen molar-refractivity contribution in [2.45, 2.75) is 26.4 Å². The average molecular weight is 525 g/mol. The van der Waals surface area contributed by atoms with Gasteiger partial charge in [0.2, 0.25) is 5.91 Å². The second-order valence-electron chi connectivity index (χ2n) is 8.43. The predicted molar refractivity (Wildman–Crippen MR) is 139 cm³/mol. The topological polar surface area (TPSA) is 66.9 Å². The lowest BCUT2D eigenvalue weighted by atomic mass is 10.1. The van der Waals surface area contributed by atoms with Crippen LogP contribution < -0.4 is 0 Å². The normalized spacial score (nSPS) is 10.9. The molecule has 2 amide bonds. The zero-order valence-electron chi connectivity index (χ0n) is 19.8. The van der Waals surface area contributed by atoms with E-state index in [2.05, 4.69) is 0 Å². The van der Waals surface area contributed by atoms with E-state index >= 15 is 0 Å². The summed E-state index contributed by atoms with van der Waals surface area (Å²) in [5, 5.41) is 0.618. The van der Waals surface area contributed by atoms with Gasteiger partial charge in [-0.3, -0.25) is 9.59 Å². The van der Waals surface area contributed by atoms with Gasteiger partial charge in [0.15, 0.2) is 0 Å². The zero-order chi connectivity index (χ0) is 25.5. The first kappa shape index (κ1) is 25.6. The summed E-state index contributed by atoms with van der Waals surface area (Å²) in [7, 11) is 0. The maximum atomic E-state index is 13.6. The first-order valence-electron chi connectivity index (χ1n) is 11.5. The molecule has 0 aliphatic carbocycles. The van der Waals surface area contributed by atoms with Crippen molar-refractivity contribution in [3.8, 4) is 0 Å². The first-order chi connectivity index (χ1) is 17.4. The number of amides is 2. The molecule has 0 saturated heterocycles. The van der Waals surface area contributed by atoms with Crippen molar-refractivity contribution in [2.24, 2.45) is 0 Å². The van der Waals surface area contributed by atoms with Crippen LogP contribution in [0.4, 0.5) is 0 Å². The second kappa shape index (κ2) is 12.0. The van der Waals surface area contributed by atoms with E-state index in [9.17, 15) is 9.59 Å². The van der Waals surface area contributed by atoms with Gasteiger partial charge in [-0.2, -0.15) is 0 Å². The third-order valence-corrected chi connectivity index (χ3v) is 6.45. The minimum atomic E-state index is -0.352. The van der Waals surface area contributed by atoms with Crippen molar-refractivity contribution in [3.05, 3.63) is 118 Å². The molecule has 6 nitrogen and oxygen atoms in total. The molecule has 36 heavy (non-hydrogen) atoms. The number of furan rings is 2. The second-order valence-corrected chi connectivity index (χ2v) is 9.25. The molecule has 2 aromatic carbocycles. The van der Waals surface area contributed by atoms with Gasteiger partial charge in [0, 0.05) is 12.1 Å². The number of hydrogen-bond donors (Lipinski definition) is 0. The molecule has 0 aliphatic rings. The van der Waals surface area contributed by atoms with Gasteiger partial charge in [0.25, 0.3) is 5.91 Å². The molecule has 0 bridgehead atoms. The van der Waals surface area contributed by atoms with Gasteiger partial charge >= 0.3 is 0 Å². The van der Waals surface area contributed by atoms with Crippen molar-refractivity contribution < 1.29 is 18.4 Å². The highest BCUT2D eigenvalue weighted by molar-refractivity contribution is 6.42. The molecule has 0 spiro atoms. The number of rotatable bonds is 10. The Balaban J connectivity index is 1.55. The van der Waals surface area contributed by atoms with Gasteiger partial charge in [0.1, 0.15) is 23.8 Å². The Hall–Kier alpha value is -3.48. The molecule has 0 N–H and O–H groups in total. The van der Waals surface area contributed by atoms with E-state index in [-0.39, 0.29) is 29.9 Å². The van der Waals surface area contributed by atoms with Crippen LogP contribution in [0.1, 0.15) is 33.2 Å².